The summed E-state index contributed by atoms with van der Waals surface area (Å²) in [7, 11) is 4.83. The molecule has 0 aliphatic rings. The van der Waals surface area contributed by atoms with Crippen LogP contribution in [0.2, 0.25) is 0 Å². The van der Waals surface area contributed by atoms with Crippen molar-refractivity contribution in [2.45, 2.75) is 52.6 Å². The Morgan fingerprint density at radius 1 is 1.04 bits per heavy atom. The SMILES string of the molecule is COc1cc(OC)c(CN=C(N)NC(C)CCCC(C)C)c(OC)c1. The van der Waals surface area contributed by atoms with E-state index < -0.39 is 0 Å². The summed E-state index contributed by atoms with van der Waals surface area (Å²) in [5.74, 6) is 3.16. The lowest BCUT2D eigenvalue weighted by atomic mass is 10.0. The van der Waals surface area contributed by atoms with Gasteiger partial charge < -0.3 is 25.3 Å². The molecule has 25 heavy (non-hydrogen) atoms. The first-order valence-electron chi connectivity index (χ1n) is 8.76. The van der Waals surface area contributed by atoms with E-state index in [1.54, 1.807) is 21.3 Å². The minimum Gasteiger partial charge on any atom is -0.496 e. The second kappa shape index (κ2) is 10.7. The van der Waals surface area contributed by atoms with Gasteiger partial charge in [0.2, 0.25) is 0 Å². The van der Waals surface area contributed by atoms with Crippen LogP contribution in [0.25, 0.3) is 0 Å². The van der Waals surface area contributed by atoms with E-state index in [1.165, 1.54) is 12.8 Å². The highest BCUT2D eigenvalue weighted by atomic mass is 16.5. The molecule has 0 amide bonds. The number of nitrogens with two attached hydrogens (primary N) is 1. The molecule has 6 heteroatoms. The molecule has 0 aromatic heterocycles. The van der Waals surface area contributed by atoms with E-state index in [0.29, 0.717) is 35.8 Å². The smallest absolute Gasteiger partial charge is 0.189 e. The van der Waals surface area contributed by atoms with Crippen molar-refractivity contribution in [2.24, 2.45) is 16.6 Å². The van der Waals surface area contributed by atoms with E-state index in [0.717, 1.165) is 17.9 Å². The largest absolute Gasteiger partial charge is 0.496 e. The topological polar surface area (TPSA) is 78.1 Å². The van der Waals surface area contributed by atoms with Crippen LogP contribution < -0.4 is 25.3 Å². The van der Waals surface area contributed by atoms with Crippen LogP contribution >= 0.6 is 0 Å². The lowest BCUT2D eigenvalue weighted by Gasteiger charge is -2.16. The van der Waals surface area contributed by atoms with Gasteiger partial charge in [-0.05, 0) is 19.3 Å². The van der Waals surface area contributed by atoms with Crippen molar-refractivity contribution in [3.8, 4) is 17.2 Å². The third-order valence-corrected chi connectivity index (χ3v) is 4.04. The van der Waals surface area contributed by atoms with E-state index in [2.05, 4.69) is 31.1 Å². The van der Waals surface area contributed by atoms with Gasteiger partial charge in [0.05, 0.1) is 33.4 Å². The Morgan fingerprint density at radius 3 is 2.12 bits per heavy atom. The number of hydrogen-bond acceptors (Lipinski definition) is 4. The van der Waals surface area contributed by atoms with Crippen molar-refractivity contribution in [3.05, 3.63) is 17.7 Å². The summed E-state index contributed by atoms with van der Waals surface area (Å²) in [5, 5.41) is 3.24. The molecule has 0 bridgehead atoms. The van der Waals surface area contributed by atoms with Gasteiger partial charge in [0.25, 0.3) is 0 Å². The van der Waals surface area contributed by atoms with Crippen LogP contribution in [-0.4, -0.2) is 33.3 Å². The fourth-order valence-corrected chi connectivity index (χ4v) is 2.60. The first-order valence-corrected chi connectivity index (χ1v) is 8.76. The minimum atomic E-state index is 0.294. The summed E-state index contributed by atoms with van der Waals surface area (Å²) in [6, 6.07) is 3.92. The highest BCUT2D eigenvalue weighted by molar-refractivity contribution is 5.78. The van der Waals surface area contributed by atoms with Gasteiger partial charge >= 0.3 is 0 Å². The molecular formula is C19H33N3O3. The Kier molecular flexibility index (Phi) is 8.95. The number of rotatable bonds is 10. The second-order valence-electron chi connectivity index (χ2n) is 6.58. The lowest BCUT2D eigenvalue weighted by Crippen LogP contribution is -2.38. The predicted octanol–water partition coefficient (Wildman–Crippen LogP) is 3.33. The number of guanidine groups is 1. The van der Waals surface area contributed by atoms with E-state index in [-0.39, 0.29) is 0 Å². The fraction of sp³-hybridized carbons (Fsp3) is 0.632. The zero-order chi connectivity index (χ0) is 18.8. The second-order valence-corrected chi connectivity index (χ2v) is 6.58. The van der Waals surface area contributed by atoms with Crippen LogP contribution in [0.1, 0.15) is 45.6 Å². The average molecular weight is 351 g/mol. The van der Waals surface area contributed by atoms with E-state index in [4.69, 9.17) is 19.9 Å². The minimum absolute atomic E-state index is 0.294. The number of aliphatic imine (C=N–C) groups is 1. The molecule has 3 N–H and O–H groups in total. The van der Waals surface area contributed by atoms with Crippen molar-refractivity contribution in [2.75, 3.05) is 21.3 Å². The first kappa shape index (κ1) is 20.9. The van der Waals surface area contributed by atoms with Gasteiger partial charge in [-0.3, -0.25) is 0 Å². The van der Waals surface area contributed by atoms with Crippen LogP contribution in [0.5, 0.6) is 17.2 Å². The Balaban J connectivity index is 2.73. The maximum atomic E-state index is 6.03. The van der Waals surface area contributed by atoms with Crippen molar-refractivity contribution >= 4 is 5.96 Å². The fourth-order valence-electron chi connectivity index (χ4n) is 2.60. The molecule has 1 unspecified atom stereocenters. The zero-order valence-electron chi connectivity index (χ0n) is 16.4. The quantitative estimate of drug-likeness (QED) is 0.499. The van der Waals surface area contributed by atoms with Gasteiger partial charge in [-0.1, -0.05) is 26.7 Å². The molecule has 0 saturated heterocycles. The van der Waals surface area contributed by atoms with Crippen LogP contribution in [0.4, 0.5) is 0 Å². The third kappa shape index (κ3) is 7.11. The highest BCUT2D eigenvalue weighted by Gasteiger charge is 2.13. The molecule has 0 spiro atoms. The molecule has 0 aliphatic carbocycles. The standard InChI is InChI=1S/C19H33N3O3/c1-13(2)8-7-9-14(3)22-19(20)21-12-16-17(24-5)10-15(23-4)11-18(16)25-6/h10-11,13-14H,7-9,12H2,1-6H3,(H3,20,21,22). The molecule has 0 aliphatic heterocycles. The summed E-state index contributed by atoms with van der Waals surface area (Å²) in [6.45, 7) is 6.97. The molecule has 1 atom stereocenters. The number of nitrogens with zero attached hydrogens (tertiary/aromatic N) is 1. The van der Waals surface area contributed by atoms with Crippen LogP contribution in [0.3, 0.4) is 0 Å². The molecule has 142 valence electrons. The molecule has 0 heterocycles. The Labute approximate surface area is 151 Å². The van der Waals surface area contributed by atoms with Crippen LogP contribution in [-0.2, 0) is 6.54 Å². The molecule has 1 rings (SSSR count). The molecule has 1 aromatic rings. The molecule has 6 nitrogen and oxygen atoms in total. The van der Waals surface area contributed by atoms with Crippen LogP contribution in [0.15, 0.2) is 17.1 Å². The zero-order valence-corrected chi connectivity index (χ0v) is 16.4. The highest BCUT2D eigenvalue weighted by Crippen LogP contribution is 2.34. The summed E-state index contributed by atoms with van der Waals surface area (Å²) < 4.78 is 16.1. The molecule has 1 aromatic carbocycles. The van der Waals surface area contributed by atoms with Gasteiger partial charge in [0.1, 0.15) is 17.2 Å². The van der Waals surface area contributed by atoms with Gasteiger partial charge in [0.15, 0.2) is 5.96 Å². The van der Waals surface area contributed by atoms with Gasteiger partial charge in [0, 0.05) is 18.2 Å². The molecule has 0 saturated carbocycles. The van der Waals surface area contributed by atoms with E-state index >= 15 is 0 Å². The normalized spacial score (nSPS) is 12.8. The Hall–Kier alpha value is -2.11. The maximum Gasteiger partial charge on any atom is 0.189 e. The molecular weight excluding hydrogens is 318 g/mol. The maximum absolute atomic E-state index is 6.03. The van der Waals surface area contributed by atoms with Gasteiger partial charge in [-0.15, -0.1) is 0 Å². The summed E-state index contributed by atoms with van der Waals surface area (Å²) in [4.78, 5) is 4.43. The third-order valence-electron chi connectivity index (χ3n) is 4.04. The van der Waals surface area contributed by atoms with Gasteiger partial charge in [-0.25, -0.2) is 4.99 Å². The van der Waals surface area contributed by atoms with E-state index in [1.807, 2.05) is 12.1 Å². The van der Waals surface area contributed by atoms with Crippen molar-refractivity contribution in [1.29, 1.82) is 0 Å². The van der Waals surface area contributed by atoms with Gasteiger partial charge in [-0.2, -0.15) is 0 Å². The van der Waals surface area contributed by atoms with Crippen molar-refractivity contribution in [3.63, 3.8) is 0 Å². The number of hydrogen-bond donors (Lipinski definition) is 2. The summed E-state index contributed by atoms with van der Waals surface area (Å²) in [5.41, 5.74) is 6.86. The predicted molar refractivity (Wildman–Crippen MR) is 103 cm³/mol. The number of nitrogens with one attached hydrogen (secondary N) is 1. The summed E-state index contributed by atoms with van der Waals surface area (Å²) in [6.07, 6.45) is 3.48. The lowest BCUT2D eigenvalue weighted by molar-refractivity contribution is 0.369. The number of methoxy groups -OCH3 is 3. The number of benzene rings is 1. The average Bonchev–Trinajstić information content (AvgIpc) is 2.58. The Morgan fingerprint density at radius 2 is 1.64 bits per heavy atom. The molecule has 0 radical (unpaired) electrons. The molecule has 0 fully saturated rings. The number of ether oxygens (including phenoxy) is 3. The van der Waals surface area contributed by atoms with Crippen molar-refractivity contribution < 1.29 is 14.2 Å². The monoisotopic (exact) mass is 351 g/mol. The van der Waals surface area contributed by atoms with Crippen LogP contribution in [0, 0.1) is 5.92 Å². The first-order chi connectivity index (χ1) is 11.9. The van der Waals surface area contributed by atoms with E-state index in [9.17, 15) is 0 Å². The van der Waals surface area contributed by atoms with Crippen molar-refractivity contribution in [1.82, 2.24) is 5.32 Å². The summed E-state index contributed by atoms with van der Waals surface area (Å²) >= 11 is 0. The Bertz CT molecular complexity index is 534.